The molecule has 0 spiro atoms. The Kier molecular flexibility index (Phi) is 3.85. The van der Waals surface area contributed by atoms with Gasteiger partial charge in [-0.05, 0) is 26.3 Å². The minimum atomic E-state index is -1.04. The quantitative estimate of drug-likeness (QED) is 0.867. The number of rotatable bonds is 5. The van der Waals surface area contributed by atoms with Crippen LogP contribution in [0, 0.1) is 6.92 Å². The maximum Gasteiger partial charge on any atom is 0.323 e. The molecule has 0 atom stereocenters. The molecule has 2 N–H and O–H groups in total. The Morgan fingerprint density at radius 2 is 2.10 bits per heavy atom. The summed E-state index contributed by atoms with van der Waals surface area (Å²) in [5.41, 5.74) is 0.913. The fraction of sp³-hybridized carbons (Fsp3) is 0.357. The minimum Gasteiger partial charge on any atom is -0.480 e. The lowest BCUT2D eigenvalue weighted by atomic mass is 10.1. The first kappa shape index (κ1) is 14.2. The summed E-state index contributed by atoms with van der Waals surface area (Å²) in [5.74, 6) is -0.0678. The molecular weight excluding hydrogens is 258 g/mol. The van der Waals surface area contributed by atoms with Crippen LogP contribution in [0.3, 0.4) is 0 Å². The number of nitrogens with one attached hydrogen (secondary N) is 1. The number of aryl methyl sites for hydroxylation is 1. The smallest absolute Gasteiger partial charge is 0.323 e. The van der Waals surface area contributed by atoms with Gasteiger partial charge in [-0.2, -0.15) is 4.98 Å². The maximum absolute atomic E-state index is 11.0. The summed E-state index contributed by atoms with van der Waals surface area (Å²) in [7, 11) is 0. The van der Waals surface area contributed by atoms with Crippen molar-refractivity contribution in [3.8, 4) is 11.4 Å². The number of aromatic nitrogens is 2. The number of carboxylic acid groups (broad SMARTS) is 1. The van der Waals surface area contributed by atoms with Gasteiger partial charge < -0.3 is 9.63 Å². The van der Waals surface area contributed by atoms with Crippen molar-refractivity contribution in [3.63, 3.8) is 0 Å². The lowest BCUT2D eigenvalue weighted by molar-refractivity contribution is -0.143. The Balaban J connectivity index is 2.11. The highest BCUT2D eigenvalue weighted by atomic mass is 16.5. The zero-order valence-corrected chi connectivity index (χ0v) is 11.7. The van der Waals surface area contributed by atoms with E-state index in [1.165, 1.54) is 0 Å². The van der Waals surface area contributed by atoms with Crippen LogP contribution in [0.2, 0.25) is 0 Å². The van der Waals surface area contributed by atoms with Gasteiger partial charge in [0.1, 0.15) is 5.54 Å². The van der Waals surface area contributed by atoms with Crippen molar-refractivity contribution in [1.29, 1.82) is 0 Å². The van der Waals surface area contributed by atoms with Gasteiger partial charge >= 0.3 is 5.97 Å². The van der Waals surface area contributed by atoms with Crippen molar-refractivity contribution in [2.75, 3.05) is 0 Å². The molecule has 0 bridgehead atoms. The number of benzene rings is 1. The Hall–Kier alpha value is -2.21. The lowest BCUT2D eigenvalue weighted by Gasteiger charge is -2.19. The molecule has 1 heterocycles. The fourth-order valence-corrected chi connectivity index (χ4v) is 1.63. The van der Waals surface area contributed by atoms with E-state index in [9.17, 15) is 4.79 Å². The Bertz CT molecular complexity index is 620. The fourth-order valence-electron chi connectivity index (χ4n) is 1.63. The van der Waals surface area contributed by atoms with Gasteiger partial charge in [0.15, 0.2) is 0 Å². The zero-order valence-electron chi connectivity index (χ0n) is 11.7. The highest BCUT2D eigenvalue weighted by molar-refractivity contribution is 5.77. The molecule has 0 aliphatic rings. The van der Waals surface area contributed by atoms with Gasteiger partial charge in [-0.3, -0.25) is 10.1 Å². The SMILES string of the molecule is Cc1ccccc1-c1noc(CNC(C)(C)C(=O)O)n1. The number of carbonyl (C=O) groups is 1. The first-order valence-corrected chi connectivity index (χ1v) is 6.27. The van der Waals surface area contributed by atoms with Gasteiger partial charge in [0.25, 0.3) is 0 Å². The van der Waals surface area contributed by atoms with Crippen molar-refractivity contribution < 1.29 is 14.4 Å². The van der Waals surface area contributed by atoms with Crippen LogP contribution in [-0.4, -0.2) is 26.8 Å². The molecule has 2 rings (SSSR count). The Labute approximate surface area is 116 Å². The minimum absolute atomic E-state index is 0.207. The molecule has 0 fully saturated rings. The van der Waals surface area contributed by atoms with Crippen LogP contribution < -0.4 is 5.32 Å². The molecule has 0 unspecified atom stereocenters. The molecule has 0 saturated carbocycles. The third-order valence-corrected chi connectivity index (χ3v) is 3.07. The second kappa shape index (κ2) is 5.42. The summed E-state index contributed by atoms with van der Waals surface area (Å²) in [4.78, 5) is 15.3. The summed E-state index contributed by atoms with van der Waals surface area (Å²) >= 11 is 0. The normalized spacial score (nSPS) is 11.6. The van der Waals surface area contributed by atoms with E-state index in [1.54, 1.807) is 13.8 Å². The maximum atomic E-state index is 11.0. The third kappa shape index (κ3) is 3.03. The first-order valence-electron chi connectivity index (χ1n) is 6.27. The second-order valence-corrected chi connectivity index (χ2v) is 5.11. The summed E-state index contributed by atoms with van der Waals surface area (Å²) in [6.45, 7) is 5.33. The first-order chi connectivity index (χ1) is 9.40. The summed E-state index contributed by atoms with van der Waals surface area (Å²) in [5, 5.41) is 15.8. The van der Waals surface area contributed by atoms with Crippen LogP contribution in [0.4, 0.5) is 0 Å². The van der Waals surface area contributed by atoms with Crippen LogP contribution >= 0.6 is 0 Å². The van der Waals surface area contributed by atoms with Gasteiger partial charge in [0, 0.05) is 5.56 Å². The summed E-state index contributed by atoms with van der Waals surface area (Å²) in [6, 6.07) is 7.73. The van der Waals surface area contributed by atoms with Crippen molar-refractivity contribution in [2.24, 2.45) is 0 Å². The Morgan fingerprint density at radius 1 is 1.40 bits per heavy atom. The number of aliphatic carboxylic acids is 1. The van der Waals surface area contributed by atoms with E-state index in [1.807, 2.05) is 31.2 Å². The van der Waals surface area contributed by atoms with E-state index < -0.39 is 11.5 Å². The molecule has 1 aromatic heterocycles. The van der Waals surface area contributed by atoms with Crippen molar-refractivity contribution in [1.82, 2.24) is 15.5 Å². The molecule has 0 saturated heterocycles. The van der Waals surface area contributed by atoms with Gasteiger partial charge in [0.05, 0.1) is 6.54 Å². The molecule has 1 aromatic carbocycles. The van der Waals surface area contributed by atoms with Gasteiger partial charge in [-0.15, -0.1) is 0 Å². The number of hydrogen-bond acceptors (Lipinski definition) is 5. The second-order valence-electron chi connectivity index (χ2n) is 5.11. The Morgan fingerprint density at radius 3 is 2.75 bits per heavy atom. The van der Waals surface area contributed by atoms with Crippen molar-refractivity contribution in [2.45, 2.75) is 32.9 Å². The van der Waals surface area contributed by atoms with E-state index in [4.69, 9.17) is 9.63 Å². The van der Waals surface area contributed by atoms with Gasteiger partial charge in [-0.25, -0.2) is 0 Å². The van der Waals surface area contributed by atoms with Crippen LogP contribution in [0.15, 0.2) is 28.8 Å². The highest BCUT2D eigenvalue weighted by Crippen LogP contribution is 2.19. The number of carboxylic acids is 1. The average molecular weight is 275 g/mol. The zero-order chi connectivity index (χ0) is 14.8. The van der Waals surface area contributed by atoms with Gasteiger partial charge in [-0.1, -0.05) is 29.4 Å². The topological polar surface area (TPSA) is 88.2 Å². The van der Waals surface area contributed by atoms with Crippen molar-refractivity contribution in [3.05, 3.63) is 35.7 Å². The lowest BCUT2D eigenvalue weighted by Crippen LogP contribution is -2.46. The average Bonchev–Trinajstić information content (AvgIpc) is 2.85. The van der Waals surface area contributed by atoms with E-state index >= 15 is 0 Å². The molecule has 0 aliphatic heterocycles. The number of hydrogen-bond donors (Lipinski definition) is 2. The standard InChI is InChI=1S/C14H17N3O3/c1-9-6-4-5-7-10(9)12-16-11(20-17-12)8-15-14(2,3)13(18)19/h4-7,15H,8H2,1-3H3,(H,18,19). The summed E-state index contributed by atoms with van der Waals surface area (Å²) in [6.07, 6.45) is 0. The largest absolute Gasteiger partial charge is 0.480 e. The van der Waals surface area contributed by atoms with Gasteiger partial charge in [0.2, 0.25) is 11.7 Å². The third-order valence-electron chi connectivity index (χ3n) is 3.07. The molecule has 0 amide bonds. The van der Waals surface area contributed by atoms with Crippen LogP contribution in [0.1, 0.15) is 25.3 Å². The van der Waals surface area contributed by atoms with Crippen LogP contribution in [0.5, 0.6) is 0 Å². The van der Waals surface area contributed by atoms with Crippen molar-refractivity contribution >= 4 is 5.97 Å². The highest BCUT2D eigenvalue weighted by Gasteiger charge is 2.26. The van der Waals surface area contributed by atoms with E-state index in [0.29, 0.717) is 11.7 Å². The molecule has 106 valence electrons. The molecule has 2 aromatic rings. The van der Waals surface area contributed by atoms with E-state index in [-0.39, 0.29) is 6.54 Å². The molecular formula is C14H17N3O3. The van der Waals surface area contributed by atoms with E-state index in [0.717, 1.165) is 11.1 Å². The predicted octanol–water partition coefficient (Wildman–Crippen LogP) is 2.00. The molecule has 20 heavy (non-hydrogen) atoms. The van der Waals surface area contributed by atoms with E-state index in [2.05, 4.69) is 15.5 Å². The molecule has 6 heteroatoms. The monoisotopic (exact) mass is 275 g/mol. The molecule has 0 aliphatic carbocycles. The summed E-state index contributed by atoms with van der Waals surface area (Å²) < 4.78 is 5.13. The predicted molar refractivity (Wildman–Crippen MR) is 73.0 cm³/mol. The molecule has 6 nitrogen and oxygen atoms in total. The van der Waals surface area contributed by atoms with Crippen LogP contribution in [-0.2, 0) is 11.3 Å². The molecule has 0 radical (unpaired) electrons. The number of nitrogens with zero attached hydrogens (tertiary/aromatic N) is 2. The van der Waals surface area contributed by atoms with Crippen LogP contribution in [0.25, 0.3) is 11.4 Å².